The molecular weight excluding hydrogens is 455 g/mol. The minimum Gasteiger partial charge on any atom is -0.444 e. The van der Waals surface area contributed by atoms with Gasteiger partial charge in [-0.2, -0.15) is 21.6 Å². The number of hydrogen-bond acceptors (Lipinski definition) is 5. The van der Waals surface area contributed by atoms with Gasteiger partial charge in [-0.1, -0.05) is 54.6 Å². The van der Waals surface area contributed by atoms with E-state index in [0.717, 1.165) is 22.8 Å². The molecule has 0 amide bonds. The highest BCUT2D eigenvalue weighted by molar-refractivity contribution is 7.88. The Labute approximate surface area is 188 Å². The van der Waals surface area contributed by atoms with E-state index in [1.54, 1.807) is 6.07 Å². The van der Waals surface area contributed by atoms with Crippen LogP contribution in [-0.4, -0.2) is 18.9 Å². The van der Waals surface area contributed by atoms with Gasteiger partial charge in [0.1, 0.15) is 12.0 Å². The first-order valence-corrected chi connectivity index (χ1v) is 11.3. The fourth-order valence-electron chi connectivity index (χ4n) is 3.19. The van der Waals surface area contributed by atoms with Gasteiger partial charge in [0.05, 0.1) is 5.69 Å². The van der Waals surface area contributed by atoms with Crippen molar-refractivity contribution in [2.45, 2.75) is 18.3 Å². The Morgan fingerprint density at radius 1 is 0.818 bits per heavy atom. The fourth-order valence-corrected chi connectivity index (χ4v) is 3.64. The Morgan fingerprint density at radius 3 is 2.18 bits per heavy atom. The summed E-state index contributed by atoms with van der Waals surface area (Å²) in [6, 6.07) is 23.3. The first-order chi connectivity index (χ1) is 15.7. The molecule has 0 aliphatic carbocycles. The van der Waals surface area contributed by atoms with Crippen LogP contribution < -0.4 is 4.18 Å². The van der Waals surface area contributed by atoms with Crippen molar-refractivity contribution in [3.63, 3.8) is 0 Å². The van der Waals surface area contributed by atoms with Gasteiger partial charge in [0.2, 0.25) is 5.89 Å². The summed E-state index contributed by atoms with van der Waals surface area (Å²) in [6.45, 7) is 0. The minimum absolute atomic E-state index is 0.399. The van der Waals surface area contributed by atoms with E-state index < -0.39 is 21.4 Å². The maximum atomic E-state index is 12.5. The molecule has 0 aliphatic rings. The van der Waals surface area contributed by atoms with Crippen LogP contribution in [-0.2, 0) is 23.0 Å². The SMILES string of the molecule is O=S(=O)(Oc1cccc(CCc2coc(-c3ccc(-c4ccccc4)cc3)n2)c1)C(F)(F)F. The Hall–Kier alpha value is -3.59. The second-order valence-corrected chi connectivity index (χ2v) is 8.76. The molecule has 1 aromatic heterocycles. The zero-order valence-corrected chi connectivity index (χ0v) is 17.9. The Morgan fingerprint density at radius 2 is 1.48 bits per heavy atom. The number of halogens is 3. The molecule has 0 bridgehead atoms. The first kappa shape index (κ1) is 22.6. The third-order valence-electron chi connectivity index (χ3n) is 4.85. The van der Waals surface area contributed by atoms with E-state index in [4.69, 9.17) is 4.42 Å². The molecule has 0 radical (unpaired) electrons. The van der Waals surface area contributed by atoms with Crippen LogP contribution in [0.25, 0.3) is 22.6 Å². The largest absolute Gasteiger partial charge is 0.534 e. The summed E-state index contributed by atoms with van der Waals surface area (Å²) in [6.07, 6.45) is 2.37. The Bertz CT molecular complexity index is 1330. The second-order valence-electron chi connectivity index (χ2n) is 7.22. The Balaban J connectivity index is 1.41. The number of rotatable bonds is 7. The molecule has 5 nitrogen and oxygen atoms in total. The molecule has 0 fully saturated rings. The lowest BCUT2D eigenvalue weighted by Crippen LogP contribution is -2.28. The van der Waals surface area contributed by atoms with Crippen molar-refractivity contribution in [2.24, 2.45) is 0 Å². The zero-order chi connectivity index (χ0) is 23.5. The number of hydrogen-bond donors (Lipinski definition) is 0. The number of aryl methyl sites for hydroxylation is 2. The maximum absolute atomic E-state index is 12.5. The average molecular weight is 473 g/mol. The van der Waals surface area contributed by atoms with Crippen LogP contribution in [0.3, 0.4) is 0 Å². The first-order valence-electron chi connectivity index (χ1n) is 9.91. The van der Waals surface area contributed by atoms with Gasteiger partial charge in [-0.15, -0.1) is 0 Å². The molecule has 33 heavy (non-hydrogen) atoms. The summed E-state index contributed by atoms with van der Waals surface area (Å²) < 4.78 is 69.6. The third kappa shape index (κ3) is 5.43. The summed E-state index contributed by atoms with van der Waals surface area (Å²) >= 11 is 0. The van der Waals surface area contributed by atoms with Crippen molar-refractivity contribution in [3.05, 3.63) is 96.4 Å². The van der Waals surface area contributed by atoms with Crippen LogP contribution in [0.2, 0.25) is 0 Å². The quantitative estimate of drug-likeness (QED) is 0.242. The molecular formula is C24H18F3NO4S. The van der Waals surface area contributed by atoms with Crippen LogP contribution in [0.1, 0.15) is 11.3 Å². The van der Waals surface area contributed by atoms with Crippen LogP contribution in [0.5, 0.6) is 5.75 Å². The number of oxazole rings is 1. The van der Waals surface area contributed by atoms with E-state index in [1.165, 1.54) is 18.4 Å². The molecule has 0 spiro atoms. The van der Waals surface area contributed by atoms with Crippen molar-refractivity contribution in [1.82, 2.24) is 4.98 Å². The fraction of sp³-hybridized carbons (Fsp3) is 0.125. The number of alkyl halides is 3. The topological polar surface area (TPSA) is 69.4 Å². The smallest absolute Gasteiger partial charge is 0.444 e. The molecule has 4 aromatic rings. The number of benzene rings is 3. The van der Waals surface area contributed by atoms with Crippen molar-refractivity contribution in [1.29, 1.82) is 0 Å². The van der Waals surface area contributed by atoms with E-state index in [0.29, 0.717) is 30.0 Å². The highest BCUT2D eigenvalue weighted by Crippen LogP contribution is 2.28. The molecule has 0 saturated carbocycles. The molecule has 0 unspecified atom stereocenters. The lowest BCUT2D eigenvalue weighted by Gasteiger charge is -2.10. The molecule has 0 saturated heterocycles. The normalized spacial score (nSPS) is 12.0. The predicted octanol–water partition coefficient (Wildman–Crippen LogP) is 6.02. The van der Waals surface area contributed by atoms with Gasteiger partial charge >= 0.3 is 15.6 Å². The standard InChI is InChI=1S/C24H18F3NO4S/c25-24(26,27)33(29,30)32-22-8-4-5-17(15-22)9-14-21-16-31-23(28-21)20-12-10-19(11-13-20)18-6-2-1-3-7-18/h1-8,10-13,15-16H,9,14H2. The van der Waals surface area contributed by atoms with E-state index >= 15 is 0 Å². The second kappa shape index (κ2) is 9.11. The molecule has 1 heterocycles. The van der Waals surface area contributed by atoms with E-state index in [2.05, 4.69) is 9.17 Å². The van der Waals surface area contributed by atoms with Crippen LogP contribution in [0.4, 0.5) is 13.2 Å². The summed E-state index contributed by atoms with van der Waals surface area (Å²) in [4.78, 5) is 4.47. The van der Waals surface area contributed by atoms with E-state index in [-0.39, 0.29) is 0 Å². The summed E-state index contributed by atoms with van der Waals surface area (Å²) in [5.41, 5.74) is -1.24. The van der Waals surface area contributed by atoms with Gasteiger partial charge in [0.25, 0.3) is 0 Å². The van der Waals surface area contributed by atoms with Crippen LogP contribution in [0.15, 0.2) is 89.5 Å². The minimum atomic E-state index is -5.71. The molecule has 0 N–H and O–H groups in total. The van der Waals surface area contributed by atoms with Gasteiger partial charge in [0, 0.05) is 5.56 Å². The van der Waals surface area contributed by atoms with Gasteiger partial charge in [0.15, 0.2) is 0 Å². The summed E-state index contributed by atoms with van der Waals surface area (Å²) in [5, 5.41) is 0. The van der Waals surface area contributed by atoms with Gasteiger partial charge in [-0.05, 0) is 53.8 Å². The van der Waals surface area contributed by atoms with Crippen LogP contribution >= 0.6 is 0 Å². The lowest BCUT2D eigenvalue weighted by molar-refractivity contribution is -0.0500. The number of aromatic nitrogens is 1. The molecule has 4 rings (SSSR count). The maximum Gasteiger partial charge on any atom is 0.534 e. The van der Waals surface area contributed by atoms with Crippen molar-refractivity contribution in [2.75, 3.05) is 0 Å². The highest BCUT2D eigenvalue weighted by Gasteiger charge is 2.48. The zero-order valence-electron chi connectivity index (χ0n) is 17.1. The van der Waals surface area contributed by atoms with Gasteiger partial charge in [-0.25, -0.2) is 4.98 Å². The van der Waals surface area contributed by atoms with Crippen molar-refractivity contribution >= 4 is 10.1 Å². The lowest BCUT2D eigenvalue weighted by atomic mass is 10.0. The van der Waals surface area contributed by atoms with E-state index in [1.807, 2.05) is 54.6 Å². The molecule has 0 atom stereocenters. The van der Waals surface area contributed by atoms with Crippen molar-refractivity contribution < 1.29 is 30.2 Å². The predicted molar refractivity (Wildman–Crippen MR) is 117 cm³/mol. The summed E-state index contributed by atoms with van der Waals surface area (Å²) in [5.74, 6) is 0.0575. The molecule has 9 heteroatoms. The number of nitrogens with zero attached hydrogens (tertiary/aromatic N) is 1. The molecule has 0 aliphatic heterocycles. The third-order valence-corrected chi connectivity index (χ3v) is 5.83. The molecule has 3 aromatic carbocycles. The van der Waals surface area contributed by atoms with Gasteiger partial charge in [-0.3, -0.25) is 0 Å². The molecule has 170 valence electrons. The van der Waals surface area contributed by atoms with Crippen LogP contribution in [0, 0.1) is 0 Å². The Kier molecular flexibility index (Phi) is 6.24. The average Bonchev–Trinajstić information content (AvgIpc) is 3.27. The van der Waals surface area contributed by atoms with Crippen molar-refractivity contribution in [3.8, 4) is 28.3 Å². The summed E-state index contributed by atoms with van der Waals surface area (Å²) in [7, 11) is -5.71. The monoisotopic (exact) mass is 473 g/mol. The van der Waals surface area contributed by atoms with E-state index in [9.17, 15) is 21.6 Å². The van der Waals surface area contributed by atoms with Gasteiger partial charge < -0.3 is 8.60 Å². The highest BCUT2D eigenvalue weighted by atomic mass is 32.2.